The van der Waals surface area contributed by atoms with E-state index in [4.69, 9.17) is 32.0 Å². The minimum absolute atomic E-state index is 0.0828. The van der Waals surface area contributed by atoms with E-state index in [2.05, 4.69) is 0 Å². The molecule has 0 unspecified atom stereocenters. The average molecular weight is 451 g/mol. The minimum Gasteiger partial charge on any atom is -0.506 e. The number of phenolic OH excluding ortho intramolecular Hbond substituents is 1. The van der Waals surface area contributed by atoms with Gasteiger partial charge in [-0.15, -0.1) is 0 Å². The summed E-state index contributed by atoms with van der Waals surface area (Å²) in [6, 6.07) is 15.0. The number of hydrogen-bond donors (Lipinski definition) is 1. The lowest BCUT2D eigenvalue weighted by Crippen LogP contribution is -2.09. The zero-order chi connectivity index (χ0) is 21.7. The predicted octanol–water partition coefficient (Wildman–Crippen LogP) is 6.25. The molecule has 0 aliphatic carbocycles. The van der Waals surface area contributed by atoms with E-state index in [1.165, 1.54) is 18.6 Å². The van der Waals surface area contributed by atoms with Crippen molar-refractivity contribution in [2.24, 2.45) is 0 Å². The maximum Gasteiger partial charge on any atom is 0.204 e. The van der Waals surface area contributed by atoms with Gasteiger partial charge in [-0.25, -0.2) is 0 Å². The summed E-state index contributed by atoms with van der Waals surface area (Å²) in [7, 11) is 0. The Balaban J connectivity index is 1.86. The van der Waals surface area contributed by atoms with Crippen LogP contribution < -0.4 is 10.9 Å². The van der Waals surface area contributed by atoms with Crippen LogP contribution in [0.1, 0.15) is 0 Å². The molecule has 152 valence electrons. The van der Waals surface area contributed by atoms with Gasteiger partial charge in [0, 0.05) is 27.2 Å². The van der Waals surface area contributed by atoms with Crippen molar-refractivity contribution in [2.45, 2.75) is 0 Å². The zero-order valence-corrected chi connectivity index (χ0v) is 17.2. The number of rotatable bonds is 2. The summed E-state index contributed by atoms with van der Waals surface area (Å²) >= 11 is 12.4. The standard InChI is InChI=1S/C24H12Cl2O5/c25-16-7-3-1-5-12(16)14-10-30-18-9-19-21(24(29)20(18)22(14)27)23(28)15(11-31-19)13-6-2-4-8-17(13)26/h1-11,29H. The third-order valence-electron chi connectivity index (χ3n) is 5.11. The van der Waals surface area contributed by atoms with Crippen molar-refractivity contribution in [1.29, 1.82) is 0 Å². The maximum absolute atomic E-state index is 13.2. The molecule has 5 nitrogen and oxygen atoms in total. The van der Waals surface area contributed by atoms with Crippen LogP contribution in [0.3, 0.4) is 0 Å². The smallest absolute Gasteiger partial charge is 0.204 e. The second-order valence-electron chi connectivity index (χ2n) is 6.89. The van der Waals surface area contributed by atoms with Crippen molar-refractivity contribution in [3.05, 3.63) is 97.6 Å². The molecular weight excluding hydrogens is 439 g/mol. The second kappa shape index (κ2) is 7.30. The molecule has 0 atom stereocenters. The van der Waals surface area contributed by atoms with E-state index in [1.807, 2.05) is 0 Å². The van der Waals surface area contributed by atoms with Crippen molar-refractivity contribution in [3.63, 3.8) is 0 Å². The molecule has 0 radical (unpaired) electrons. The molecule has 0 amide bonds. The average Bonchev–Trinajstić information content (AvgIpc) is 2.75. The van der Waals surface area contributed by atoms with Gasteiger partial charge in [0.1, 0.15) is 40.2 Å². The number of aromatic hydroxyl groups is 1. The monoisotopic (exact) mass is 450 g/mol. The second-order valence-corrected chi connectivity index (χ2v) is 7.70. The van der Waals surface area contributed by atoms with E-state index >= 15 is 0 Å². The third-order valence-corrected chi connectivity index (χ3v) is 5.77. The quantitative estimate of drug-likeness (QED) is 0.321. The zero-order valence-electron chi connectivity index (χ0n) is 15.7. The first-order valence-electron chi connectivity index (χ1n) is 9.20. The van der Waals surface area contributed by atoms with Gasteiger partial charge in [-0.05, 0) is 12.1 Å². The molecule has 3 aromatic carbocycles. The van der Waals surface area contributed by atoms with Crippen molar-refractivity contribution >= 4 is 45.1 Å². The molecule has 0 saturated heterocycles. The summed E-state index contributed by atoms with van der Waals surface area (Å²) in [5, 5.41) is 11.4. The Kier molecular flexibility index (Phi) is 4.58. The lowest BCUT2D eigenvalue weighted by molar-refractivity contribution is 0.483. The van der Waals surface area contributed by atoms with Gasteiger partial charge in [0.25, 0.3) is 0 Å². The molecule has 1 N–H and O–H groups in total. The van der Waals surface area contributed by atoms with Crippen LogP contribution in [0.4, 0.5) is 0 Å². The molecule has 5 aromatic rings. The van der Waals surface area contributed by atoms with Crippen LogP contribution in [0.2, 0.25) is 10.0 Å². The molecule has 31 heavy (non-hydrogen) atoms. The lowest BCUT2D eigenvalue weighted by atomic mass is 10.0. The molecule has 0 bridgehead atoms. The van der Waals surface area contributed by atoms with Gasteiger partial charge in [-0.3, -0.25) is 9.59 Å². The lowest BCUT2D eigenvalue weighted by Gasteiger charge is -2.09. The Hall–Kier alpha value is -3.54. The normalized spacial score (nSPS) is 11.3. The van der Waals surface area contributed by atoms with Gasteiger partial charge in [0.05, 0.1) is 11.1 Å². The van der Waals surface area contributed by atoms with Crippen LogP contribution in [0, 0.1) is 0 Å². The molecule has 0 saturated carbocycles. The van der Waals surface area contributed by atoms with E-state index < -0.39 is 16.6 Å². The van der Waals surface area contributed by atoms with Gasteiger partial charge >= 0.3 is 0 Å². The summed E-state index contributed by atoms with van der Waals surface area (Å²) in [6.07, 6.45) is 2.54. The summed E-state index contributed by atoms with van der Waals surface area (Å²) < 4.78 is 11.2. The van der Waals surface area contributed by atoms with Gasteiger partial charge in [0.2, 0.25) is 10.9 Å². The first kappa shape index (κ1) is 19.4. The molecule has 0 aliphatic heterocycles. The van der Waals surface area contributed by atoms with Crippen molar-refractivity contribution in [1.82, 2.24) is 0 Å². The van der Waals surface area contributed by atoms with Gasteiger partial charge in [-0.1, -0.05) is 59.6 Å². The van der Waals surface area contributed by atoms with Crippen molar-refractivity contribution in [2.75, 3.05) is 0 Å². The molecule has 0 spiro atoms. The Morgan fingerprint density at radius 2 is 1.06 bits per heavy atom. The van der Waals surface area contributed by atoms with Crippen LogP contribution in [-0.4, -0.2) is 5.11 Å². The third kappa shape index (κ3) is 3.02. The molecule has 0 aliphatic rings. The Morgan fingerprint density at radius 3 is 1.48 bits per heavy atom. The fourth-order valence-electron chi connectivity index (χ4n) is 3.60. The van der Waals surface area contributed by atoms with E-state index in [-0.39, 0.29) is 33.1 Å². The maximum atomic E-state index is 13.2. The van der Waals surface area contributed by atoms with Crippen LogP contribution in [-0.2, 0) is 0 Å². The Morgan fingerprint density at radius 1 is 0.645 bits per heavy atom. The van der Waals surface area contributed by atoms with E-state index in [9.17, 15) is 14.7 Å². The van der Waals surface area contributed by atoms with E-state index in [0.717, 1.165) is 0 Å². The largest absolute Gasteiger partial charge is 0.506 e. The number of hydrogen-bond acceptors (Lipinski definition) is 5. The summed E-state index contributed by atoms with van der Waals surface area (Å²) in [5.41, 5.74) is 0.373. The van der Waals surface area contributed by atoms with E-state index in [1.54, 1.807) is 48.5 Å². The highest BCUT2D eigenvalue weighted by Gasteiger charge is 2.21. The van der Waals surface area contributed by atoms with Crippen LogP contribution in [0.25, 0.3) is 44.2 Å². The highest BCUT2D eigenvalue weighted by atomic mass is 35.5. The van der Waals surface area contributed by atoms with Gasteiger partial charge in [0.15, 0.2) is 0 Å². The van der Waals surface area contributed by atoms with Crippen molar-refractivity contribution in [3.8, 4) is 28.0 Å². The number of halogens is 2. The minimum atomic E-state index is -0.517. The number of phenols is 1. The molecule has 0 fully saturated rings. The summed E-state index contributed by atoms with van der Waals surface area (Å²) in [5.74, 6) is -0.516. The van der Waals surface area contributed by atoms with Crippen LogP contribution >= 0.6 is 23.2 Å². The predicted molar refractivity (Wildman–Crippen MR) is 121 cm³/mol. The molecule has 7 heteroatoms. The molecule has 2 aromatic heterocycles. The first-order valence-corrected chi connectivity index (χ1v) is 9.95. The fourth-order valence-corrected chi connectivity index (χ4v) is 4.07. The highest BCUT2D eigenvalue weighted by Crippen LogP contribution is 2.35. The molecular formula is C24H12Cl2O5. The van der Waals surface area contributed by atoms with Crippen LogP contribution in [0.5, 0.6) is 5.75 Å². The number of fused-ring (bicyclic) bond motifs is 2. The van der Waals surface area contributed by atoms with Gasteiger partial charge in [-0.2, -0.15) is 0 Å². The molecule has 5 rings (SSSR count). The Labute approximate surface area is 184 Å². The van der Waals surface area contributed by atoms with Crippen molar-refractivity contribution < 1.29 is 13.9 Å². The topological polar surface area (TPSA) is 80.7 Å². The van der Waals surface area contributed by atoms with E-state index in [0.29, 0.717) is 21.2 Å². The first-order chi connectivity index (χ1) is 15.0. The highest BCUT2D eigenvalue weighted by molar-refractivity contribution is 6.33. The molecule has 2 heterocycles. The summed E-state index contributed by atoms with van der Waals surface area (Å²) in [6.45, 7) is 0. The fraction of sp³-hybridized carbons (Fsp3) is 0. The Bertz CT molecular complexity index is 1500. The summed E-state index contributed by atoms with van der Waals surface area (Å²) in [4.78, 5) is 26.5. The van der Waals surface area contributed by atoms with Crippen LogP contribution in [0.15, 0.2) is 85.5 Å². The van der Waals surface area contributed by atoms with Gasteiger partial charge < -0.3 is 13.9 Å². The number of benzene rings is 3. The SMILES string of the molecule is O=c1c(-c2ccccc2Cl)coc2cc3occ(-c4ccccc4Cl)c(=O)c3c(O)c12.